The lowest BCUT2D eigenvalue weighted by molar-refractivity contribution is 0.117. The van der Waals surface area contributed by atoms with E-state index in [0.29, 0.717) is 5.92 Å². The normalized spacial score (nSPS) is 23.1. The third-order valence-corrected chi connectivity index (χ3v) is 4.51. The highest BCUT2D eigenvalue weighted by Gasteiger charge is 2.33. The van der Waals surface area contributed by atoms with Crippen molar-refractivity contribution < 1.29 is 9.84 Å². The Labute approximate surface area is 115 Å². The summed E-state index contributed by atoms with van der Waals surface area (Å²) in [7, 11) is 0. The number of aliphatic hydroxyl groups excluding tert-OH is 1. The van der Waals surface area contributed by atoms with E-state index in [1.807, 2.05) is 6.07 Å². The maximum absolute atomic E-state index is 10.5. The number of rotatable bonds is 3. The molecule has 2 aliphatic rings. The van der Waals surface area contributed by atoms with Crippen LogP contribution in [0.3, 0.4) is 0 Å². The lowest BCUT2D eigenvalue weighted by atomic mass is 9.93. The molecule has 1 N–H and O–H groups in total. The third kappa shape index (κ3) is 2.64. The van der Waals surface area contributed by atoms with Crippen LogP contribution < -0.4 is 4.74 Å². The number of aliphatic hydroxyl groups is 1. The van der Waals surface area contributed by atoms with Crippen molar-refractivity contribution in [3.05, 3.63) is 29.3 Å². The molecule has 104 valence electrons. The molecule has 19 heavy (non-hydrogen) atoms. The molecule has 2 nitrogen and oxygen atoms in total. The summed E-state index contributed by atoms with van der Waals surface area (Å²) in [6.07, 6.45) is 6.66. The van der Waals surface area contributed by atoms with Gasteiger partial charge in [0.15, 0.2) is 0 Å². The minimum absolute atomic E-state index is 0.133. The topological polar surface area (TPSA) is 29.5 Å². The van der Waals surface area contributed by atoms with Crippen LogP contribution in [0.4, 0.5) is 0 Å². The molecule has 0 spiro atoms. The first-order valence-corrected chi connectivity index (χ1v) is 7.54. The van der Waals surface area contributed by atoms with Gasteiger partial charge in [-0.25, -0.2) is 0 Å². The largest absolute Gasteiger partial charge is 0.487 e. The van der Waals surface area contributed by atoms with E-state index in [2.05, 4.69) is 26.0 Å². The third-order valence-electron chi connectivity index (χ3n) is 4.51. The van der Waals surface area contributed by atoms with Crippen LogP contribution in [0.2, 0.25) is 0 Å². The van der Waals surface area contributed by atoms with Gasteiger partial charge in [0.05, 0.1) is 6.10 Å². The Hall–Kier alpha value is -1.02. The highest BCUT2D eigenvalue weighted by Crippen LogP contribution is 2.42. The van der Waals surface area contributed by atoms with Crippen LogP contribution >= 0.6 is 0 Å². The van der Waals surface area contributed by atoms with E-state index in [1.54, 1.807) is 0 Å². The summed E-state index contributed by atoms with van der Waals surface area (Å²) in [6, 6.07) is 6.20. The van der Waals surface area contributed by atoms with Crippen molar-refractivity contribution in [3.63, 3.8) is 0 Å². The fourth-order valence-electron chi connectivity index (χ4n) is 3.59. The molecular formula is C17H24O2. The number of hydrogen-bond donors (Lipinski definition) is 1. The number of benzene rings is 1. The van der Waals surface area contributed by atoms with Gasteiger partial charge < -0.3 is 9.84 Å². The maximum atomic E-state index is 10.5. The molecule has 1 fully saturated rings. The van der Waals surface area contributed by atoms with Crippen molar-refractivity contribution in [1.29, 1.82) is 0 Å². The number of ether oxygens (including phenoxy) is 1. The van der Waals surface area contributed by atoms with Crippen LogP contribution in [0.1, 0.15) is 63.2 Å². The molecular weight excluding hydrogens is 236 g/mol. The summed E-state index contributed by atoms with van der Waals surface area (Å²) in [5.74, 6) is 1.64. The Morgan fingerprint density at radius 1 is 1.32 bits per heavy atom. The van der Waals surface area contributed by atoms with Crippen LogP contribution in [0.5, 0.6) is 5.75 Å². The Kier molecular flexibility index (Phi) is 3.30. The summed E-state index contributed by atoms with van der Waals surface area (Å²) in [4.78, 5) is 0. The summed E-state index contributed by atoms with van der Waals surface area (Å²) < 4.78 is 6.05. The zero-order valence-electron chi connectivity index (χ0n) is 12.0. The molecule has 0 bridgehead atoms. The lowest BCUT2D eigenvalue weighted by Gasteiger charge is -2.21. The Balaban J connectivity index is 1.80. The monoisotopic (exact) mass is 260 g/mol. The summed E-state index contributed by atoms with van der Waals surface area (Å²) in [6.45, 7) is 4.22. The average molecular weight is 260 g/mol. The van der Waals surface area contributed by atoms with Gasteiger partial charge in [-0.05, 0) is 31.7 Å². The van der Waals surface area contributed by atoms with Crippen molar-refractivity contribution in [2.24, 2.45) is 5.92 Å². The molecule has 1 aromatic rings. The molecule has 1 unspecified atom stereocenters. The quantitative estimate of drug-likeness (QED) is 0.889. The van der Waals surface area contributed by atoms with Gasteiger partial charge in [-0.1, -0.05) is 43.9 Å². The Bertz CT molecular complexity index is 458. The molecule has 0 radical (unpaired) electrons. The average Bonchev–Trinajstić information content (AvgIpc) is 2.93. The number of para-hydroxylation sites is 1. The molecule has 0 aromatic heterocycles. The van der Waals surface area contributed by atoms with Crippen molar-refractivity contribution in [1.82, 2.24) is 0 Å². The molecule has 0 amide bonds. The summed E-state index contributed by atoms with van der Waals surface area (Å²) in [5.41, 5.74) is 2.11. The lowest BCUT2D eigenvalue weighted by Crippen LogP contribution is -2.25. The first-order chi connectivity index (χ1) is 9.05. The molecule has 1 aromatic carbocycles. The highest BCUT2D eigenvalue weighted by molar-refractivity contribution is 5.46. The van der Waals surface area contributed by atoms with E-state index in [-0.39, 0.29) is 11.7 Å². The second-order valence-electron chi connectivity index (χ2n) is 6.78. The van der Waals surface area contributed by atoms with Gasteiger partial charge in [0.1, 0.15) is 11.4 Å². The highest BCUT2D eigenvalue weighted by atomic mass is 16.5. The van der Waals surface area contributed by atoms with Gasteiger partial charge in [-0.15, -0.1) is 0 Å². The van der Waals surface area contributed by atoms with Crippen LogP contribution in [0.25, 0.3) is 0 Å². The van der Waals surface area contributed by atoms with Gasteiger partial charge in [-0.3, -0.25) is 0 Å². The van der Waals surface area contributed by atoms with E-state index in [0.717, 1.165) is 24.2 Å². The summed E-state index contributed by atoms with van der Waals surface area (Å²) >= 11 is 0. The van der Waals surface area contributed by atoms with Crippen molar-refractivity contribution in [2.45, 2.75) is 64.1 Å². The van der Waals surface area contributed by atoms with E-state index in [4.69, 9.17) is 4.74 Å². The standard InChI is InChI=1S/C17H24O2/c1-17(2)11-13-8-5-9-14(16(13)19-17)15(18)10-12-6-3-4-7-12/h5,8-9,12,15,18H,3-4,6-7,10-11H2,1-2H3. The van der Waals surface area contributed by atoms with E-state index in [1.165, 1.54) is 31.2 Å². The molecule has 1 heterocycles. The molecule has 1 atom stereocenters. The number of fused-ring (bicyclic) bond motifs is 1. The van der Waals surface area contributed by atoms with E-state index >= 15 is 0 Å². The first kappa shape index (κ1) is 13.0. The van der Waals surface area contributed by atoms with Gasteiger partial charge in [0.25, 0.3) is 0 Å². The minimum Gasteiger partial charge on any atom is -0.487 e. The van der Waals surface area contributed by atoms with Gasteiger partial charge in [-0.2, -0.15) is 0 Å². The van der Waals surface area contributed by atoms with Gasteiger partial charge in [0, 0.05) is 12.0 Å². The Morgan fingerprint density at radius 3 is 2.79 bits per heavy atom. The van der Waals surface area contributed by atoms with Crippen LogP contribution in [-0.4, -0.2) is 10.7 Å². The smallest absolute Gasteiger partial charge is 0.129 e. The minimum atomic E-state index is -0.369. The zero-order chi connectivity index (χ0) is 13.5. The predicted octanol–water partition coefficient (Wildman–Crippen LogP) is 4.01. The molecule has 1 aliphatic carbocycles. The van der Waals surface area contributed by atoms with Crippen LogP contribution in [-0.2, 0) is 6.42 Å². The fraction of sp³-hybridized carbons (Fsp3) is 0.647. The van der Waals surface area contributed by atoms with E-state index < -0.39 is 0 Å². The first-order valence-electron chi connectivity index (χ1n) is 7.54. The maximum Gasteiger partial charge on any atom is 0.129 e. The number of hydrogen-bond acceptors (Lipinski definition) is 2. The van der Waals surface area contributed by atoms with Crippen LogP contribution in [0, 0.1) is 5.92 Å². The Morgan fingerprint density at radius 2 is 2.05 bits per heavy atom. The molecule has 3 rings (SSSR count). The second-order valence-corrected chi connectivity index (χ2v) is 6.78. The fourth-order valence-corrected chi connectivity index (χ4v) is 3.59. The van der Waals surface area contributed by atoms with Crippen molar-refractivity contribution in [3.8, 4) is 5.75 Å². The van der Waals surface area contributed by atoms with Gasteiger partial charge >= 0.3 is 0 Å². The van der Waals surface area contributed by atoms with Crippen LogP contribution in [0.15, 0.2) is 18.2 Å². The van der Waals surface area contributed by atoms with Crippen molar-refractivity contribution in [2.75, 3.05) is 0 Å². The summed E-state index contributed by atoms with van der Waals surface area (Å²) in [5, 5.41) is 10.5. The molecule has 0 saturated heterocycles. The zero-order valence-corrected chi connectivity index (χ0v) is 12.0. The molecule has 1 aliphatic heterocycles. The predicted molar refractivity (Wildman–Crippen MR) is 76.4 cm³/mol. The van der Waals surface area contributed by atoms with Crippen molar-refractivity contribution >= 4 is 0 Å². The van der Waals surface area contributed by atoms with Gasteiger partial charge in [0.2, 0.25) is 0 Å². The van der Waals surface area contributed by atoms with E-state index in [9.17, 15) is 5.11 Å². The molecule has 2 heteroatoms. The molecule has 1 saturated carbocycles. The SMILES string of the molecule is CC1(C)Cc2cccc(C(O)CC3CCCC3)c2O1. The second kappa shape index (κ2) is 4.82.